The number of H-pyrrole nitrogens is 1. The summed E-state index contributed by atoms with van der Waals surface area (Å²) in [4.78, 5) is 16.5. The Morgan fingerprint density at radius 2 is 2.45 bits per heavy atom. The summed E-state index contributed by atoms with van der Waals surface area (Å²) >= 11 is 5.90. The Morgan fingerprint density at radius 3 is 3.09 bits per heavy atom. The van der Waals surface area contributed by atoms with Crippen molar-refractivity contribution in [2.24, 2.45) is 13.0 Å². The molecular weight excluding hydrogens is 306 g/mol. The van der Waals surface area contributed by atoms with Gasteiger partial charge in [-0.05, 0) is 19.4 Å². The van der Waals surface area contributed by atoms with Gasteiger partial charge in [-0.15, -0.1) is 0 Å². The first-order valence-electron chi connectivity index (χ1n) is 7.15. The third kappa shape index (κ3) is 3.00. The molecule has 0 saturated carbocycles. The van der Waals surface area contributed by atoms with Crippen LogP contribution in [0.1, 0.15) is 34.7 Å². The van der Waals surface area contributed by atoms with Gasteiger partial charge in [0, 0.05) is 32.3 Å². The maximum atomic E-state index is 12.2. The molecule has 0 unspecified atom stereocenters. The van der Waals surface area contributed by atoms with E-state index < -0.39 is 0 Å². The second-order valence-electron chi connectivity index (χ2n) is 5.48. The van der Waals surface area contributed by atoms with Crippen LogP contribution < -0.4 is 5.32 Å². The van der Waals surface area contributed by atoms with Gasteiger partial charge < -0.3 is 14.6 Å². The predicted molar refractivity (Wildman–Crippen MR) is 80.7 cm³/mol. The Morgan fingerprint density at radius 1 is 1.64 bits per heavy atom. The van der Waals surface area contributed by atoms with Crippen LogP contribution in [0, 0.1) is 12.8 Å². The molecule has 2 aromatic heterocycles. The van der Waals surface area contributed by atoms with E-state index in [0.29, 0.717) is 29.7 Å². The molecule has 118 valence electrons. The highest BCUT2D eigenvalue weighted by molar-refractivity contribution is 6.31. The molecule has 1 fully saturated rings. The molecule has 2 atom stereocenters. The van der Waals surface area contributed by atoms with Crippen molar-refractivity contribution < 1.29 is 9.53 Å². The van der Waals surface area contributed by atoms with Crippen molar-refractivity contribution in [3.05, 3.63) is 34.6 Å². The molecule has 1 aliphatic rings. The minimum absolute atomic E-state index is 0.147. The first-order chi connectivity index (χ1) is 10.5. The van der Waals surface area contributed by atoms with E-state index in [4.69, 9.17) is 16.3 Å². The lowest BCUT2D eigenvalue weighted by Crippen LogP contribution is -2.31. The first kappa shape index (κ1) is 15.1. The van der Waals surface area contributed by atoms with E-state index in [1.165, 1.54) is 0 Å². The maximum Gasteiger partial charge on any atom is 0.267 e. The smallest absolute Gasteiger partial charge is 0.267 e. The van der Waals surface area contributed by atoms with E-state index in [1.807, 2.05) is 6.92 Å². The number of aromatic nitrogens is 4. The molecule has 0 aromatic carbocycles. The largest absolute Gasteiger partial charge is 0.370 e. The van der Waals surface area contributed by atoms with Gasteiger partial charge in [-0.3, -0.25) is 9.89 Å². The molecule has 7 nitrogen and oxygen atoms in total. The zero-order chi connectivity index (χ0) is 15.7. The topological polar surface area (TPSA) is 84.8 Å². The van der Waals surface area contributed by atoms with Gasteiger partial charge in [0.1, 0.15) is 17.6 Å². The zero-order valence-corrected chi connectivity index (χ0v) is 13.2. The van der Waals surface area contributed by atoms with Gasteiger partial charge in [-0.2, -0.15) is 5.10 Å². The van der Waals surface area contributed by atoms with Gasteiger partial charge in [-0.25, -0.2) is 4.98 Å². The molecule has 3 rings (SSSR count). The summed E-state index contributed by atoms with van der Waals surface area (Å²) in [6.45, 7) is 3.01. The number of ether oxygens (including phenoxy) is 1. The van der Waals surface area contributed by atoms with Crippen LogP contribution in [0.5, 0.6) is 0 Å². The van der Waals surface area contributed by atoms with Gasteiger partial charge in [0.2, 0.25) is 0 Å². The minimum Gasteiger partial charge on any atom is -0.370 e. The fraction of sp³-hybridized carbons (Fsp3) is 0.500. The van der Waals surface area contributed by atoms with Crippen LogP contribution >= 0.6 is 11.6 Å². The van der Waals surface area contributed by atoms with Crippen molar-refractivity contribution in [1.29, 1.82) is 0 Å². The molecule has 2 N–H and O–H groups in total. The molecule has 2 aromatic rings. The van der Waals surface area contributed by atoms with Crippen molar-refractivity contribution in [1.82, 2.24) is 25.1 Å². The molecule has 3 heterocycles. The first-order valence-corrected chi connectivity index (χ1v) is 7.53. The molecular formula is C14H18ClN5O2. The summed E-state index contributed by atoms with van der Waals surface area (Å²) < 4.78 is 7.42. The number of carbonyl (C=O) groups excluding carboxylic acids is 1. The van der Waals surface area contributed by atoms with Crippen LogP contribution in [0.3, 0.4) is 0 Å². The lowest BCUT2D eigenvalue weighted by atomic mass is 10.0. The van der Waals surface area contributed by atoms with Crippen molar-refractivity contribution >= 4 is 17.5 Å². The Hall–Kier alpha value is -1.86. The summed E-state index contributed by atoms with van der Waals surface area (Å²) in [6.07, 6.45) is 2.39. The molecule has 0 radical (unpaired) electrons. The number of aryl methyl sites for hydroxylation is 2. The molecule has 22 heavy (non-hydrogen) atoms. The summed E-state index contributed by atoms with van der Waals surface area (Å²) in [7, 11) is 1.79. The third-order valence-electron chi connectivity index (χ3n) is 3.81. The Labute approximate surface area is 133 Å². The second kappa shape index (κ2) is 6.10. The molecule has 1 aliphatic heterocycles. The molecule has 1 saturated heterocycles. The Balaban J connectivity index is 1.63. The summed E-state index contributed by atoms with van der Waals surface area (Å²) in [5, 5.41) is 10.5. The fourth-order valence-corrected chi connectivity index (χ4v) is 2.93. The van der Waals surface area contributed by atoms with Crippen LogP contribution in [0.2, 0.25) is 5.02 Å². The highest BCUT2D eigenvalue weighted by Crippen LogP contribution is 2.32. The predicted octanol–water partition coefficient (Wildman–Crippen LogP) is 1.61. The van der Waals surface area contributed by atoms with E-state index >= 15 is 0 Å². The minimum atomic E-state index is -0.178. The van der Waals surface area contributed by atoms with Crippen molar-refractivity contribution in [2.75, 3.05) is 13.2 Å². The van der Waals surface area contributed by atoms with E-state index in [-0.39, 0.29) is 17.9 Å². The van der Waals surface area contributed by atoms with E-state index in [9.17, 15) is 4.79 Å². The molecule has 8 heteroatoms. The van der Waals surface area contributed by atoms with Crippen molar-refractivity contribution in [3.8, 4) is 0 Å². The van der Waals surface area contributed by atoms with Gasteiger partial charge >= 0.3 is 0 Å². The quantitative estimate of drug-likeness (QED) is 0.895. The van der Waals surface area contributed by atoms with E-state index in [0.717, 1.165) is 12.2 Å². The van der Waals surface area contributed by atoms with Crippen LogP contribution in [0.4, 0.5) is 0 Å². The highest BCUT2D eigenvalue weighted by atomic mass is 35.5. The number of halogens is 1. The monoisotopic (exact) mass is 323 g/mol. The Bertz CT molecular complexity index is 681. The van der Waals surface area contributed by atoms with Crippen LogP contribution in [0.25, 0.3) is 0 Å². The van der Waals surface area contributed by atoms with Gasteiger partial charge in [0.05, 0.1) is 5.02 Å². The molecule has 0 aliphatic carbocycles. The maximum absolute atomic E-state index is 12.2. The fourth-order valence-electron chi connectivity index (χ4n) is 2.68. The standard InChI is InChI=1S/C14H18ClN5O2/c1-8-17-13(19-18-8)12-9(3-4-22-12)6-16-14(21)11-5-10(15)7-20(11)2/h5,7,9,12H,3-4,6H2,1-2H3,(H,16,21)(H,17,18,19)/t9-,12-/m0/s1. The third-order valence-corrected chi connectivity index (χ3v) is 4.02. The summed E-state index contributed by atoms with van der Waals surface area (Å²) in [6, 6.07) is 1.65. The Kier molecular flexibility index (Phi) is 4.17. The van der Waals surface area contributed by atoms with Gasteiger partial charge in [0.25, 0.3) is 5.91 Å². The number of rotatable bonds is 4. The SMILES string of the molecule is Cc1nc([C@H]2OCC[C@H]2CNC(=O)c2cc(Cl)cn2C)n[nH]1. The van der Waals surface area contributed by atoms with E-state index in [1.54, 1.807) is 23.9 Å². The number of amides is 1. The number of hydrogen-bond donors (Lipinski definition) is 2. The molecule has 0 bridgehead atoms. The normalized spacial score (nSPS) is 21.2. The second-order valence-corrected chi connectivity index (χ2v) is 5.92. The average Bonchev–Trinajstić information content (AvgIpc) is 3.16. The van der Waals surface area contributed by atoms with Crippen LogP contribution in [-0.2, 0) is 11.8 Å². The number of hydrogen-bond acceptors (Lipinski definition) is 4. The lowest BCUT2D eigenvalue weighted by molar-refractivity contribution is 0.0796. The highest BCUT2D eigenvalue weighted by Gasteiger charge is 2.33. The lowest BCUT2D eigenvalue weighted by Gasteiger charge is -2.16. The van der Waals surface area contributed by atoms with Crippen molar-refractivity contribution in [2.45, 2.75) is 19.4 Å². The summed E-state index contributed by atoms with van der Waals surface area (Å²) in [5.41, 5.74) is 0.536. The number of aromatic amines is 1. The zero-order valence-electron chi connectivity index (χ0n) is 12.5. The van der Waals surface area contributed by atoms with Crippen LogP contribution in [0.15, 0.2) is 12.3 Å². The number of nitrogens with one attached hydrogen (secondary N) is 2. The molecule has 0 spiro atoms. The average molecular weight is 324 g/mol. The van der Waals surface area contributed by atoms with Gasteiger partial charge in [0.15, 0.2) is 5.82 Å². The van der Waals surface area contributed by atoms with Gasteiger partial charge in [-0.1, -0.05) is 11.6 Å². The summed E-state index contributed by atoms with van der Waals surface area (Å²) in [5.74, 6) is 1.42. The van der Waals surface area contributed by atoms with Crippen LogP contribution in [-0.4, -0.2) is 38.8 Å². The molecule has 1 amide bonds. The number of carbonyl (C=O) groups is 1. The van der Waals surface area contributed by atoms with Crippen molar-refractivity contribution in [3.63, 3.8) is 0 Å². The van der Waals surface area contributed by atoms with E-state index in [2.05, 4.69) is 20.5 Å². The number of nitrogens with zero attached hydrogens (tertiary/aromatic N) is 3.